The standard InChI is InChI=1S/C24H32O6/c1-4-5-19-29-18-11-16-15-7-6-13-10-14(25)8-9-22(13,2)20(15)17(26)12-23(16,3)24(18,30-19)21(27)28/h8-10,15-20,26H,4-7,11-12H2,1-3H3,(H,27,28)/t15-,16+,17+,18+,19-,20-,22-,23-,24-/m0/s1. The number of hydrogen-bond donors (Lipinski definition) is 2. The molecule has 0 radical (unpaired) electrons. The smallest absolute Gasteiger partial charge is 0.339 e. The first kappa shape index (κ1) is 20.4. The van der Waals surface area contributed by atoms with Gasteiger partial charge in [0.1, 0.15) is 6.10 Å². The molecular weight excluding hydrogens is 384 g/mol. The molecule has 0 spiro atoms. The molecule has 1 saturated heterocycles. The molecule has 164 valence electrons. The van der Waals surface area contributed by atoms with Crippen LogP contribution in [0.15, 0.2) is 23.8 Å². The van der Waals surface area contributed by atoms with Gasteiger partial charge in [-0.1, -0.05) is 38.8 Å². The van der Waals surface area contributed by atoms with Gasteiger partial charge in [0.25, 0.3) is 0 Å². The summed E-state index contributed by atoms with van der Waals surface area (Å²) in [5.41, 5.74) is -1.37. The van der Waals surface area contributed by atoms with E-state index >= 15 is 0 Å². The molecule has 6 heteroatoms. The minimum atomic E-state index is -1.40. The number of fused-ring (bicyclic) bond motifs is 7. The largest absolute Gasteiger partial charge is 0.479 e. The van der Waals surface area contributed by atoms with Gasteiger partial charge in [0.15, 0.2) is 17.7 Å². The van der Waals surface area contributed by atoms with Gasteiger partial charge in [-0.3, -0.25) is 4.79 Å². The Morgan fingerprint density at radius 2 is 2.10 bits per heavy atom. The average molecular weight is 417 g/mol. The van der Waals surface area contributed by atoms with Gasteiger partial charge in [0.2, 0.25) is 0 Å². The van der Waals surface area contributed by atoms with Gasteiger partial charge < -0.3 is 19.7 Å². The van der Waals surface area contributed by atoms with Gasteiger partial charge in [-0.15, -0.1) is 0 Å². The number of aliphatic hydroxyl groups excluding tert-OH is 1. The number of ketones is 1. The van der Waals surface area contributed by atoms with E-state index in [0.717, 1.165) is 24.8 Å². The molecule has 0 aromatic rings. The highest BCUT2D eigenvalue weighted by atomic mass is 16.7. The van der Waals surface area contributed by atoms with Crippen molar-refractivity contribution in [3.8, 4) is 0 Å². The molecule has 2 N–H and O–H groups in total. The van der Waals surface area contributed by atoms with Crippen molar-refractivity contribution in [2.45, 2.75) is 83.4 Å². The minimum absolute atomic E-state index is 0.0139. The third-order valence-corrected chi connectivity index (χ3v) is 9.13. The Morgan fingerprint density at radius 1 is 1.33 bits per heavy atom. The van der Waals surface area contributed by atoms with Crippen LogP contribution in [-0.4, -0.2) is 46.1 Å². The maximum Gasteiger partial charge on any atom is 0.339 e. The maximum atomic E-state index is 12.7. The monoisotopic (exact) mass is 416 g/mol. The van der Waals surface area contributed by atoms with Gasteiger partial charge in [-0.2, -0.15) is 0 Å². The lowest BCUT2D eigenvalue weighted by Crippen LogP contribution is -2.63. The van der Waals surface area contributed by atoms with Crippen molar-refractivity contribution in [2.24, 2.45) is 28.6 Å². The lowest BCUT2D eigenvalue weighted by Gasteiger charge is -2.59. The number of rotatable bonds is 3. The number of allylic oxidation sites excluding steroid dienone is 4. The Labute approximate surface area is 177 Å². The highest BCUT2D eigenvalue weighted by Gasteiger charge is 2.76. The second-order valence-electron chi connectivity index (χ2n) is 10.4. The van der Waals surface area contributed by atoms with Gasteiger partial charge in [0, 0.05) is 16.7 Å². The summed E-state index contributed by atoms with van der Waals surface area (Å²) in [7, 11) is 0. The molecule has 5 rings (SSSR count). The van der Waals surface area contributed by atoms with E-state index in [0.29, 0.717) is 19.3 Å². The second-order valence-corrected chi connectivity index (χ2v) is 10.4. The summed E-state index contributed by atoms with van der Waals surface area (Å²) in [4.78, 5) is 24.6. The van der Waals surface area contributed by atoms with Crippen molar-refractivity contribution in [3.63, 3.8) is 0 Å². The maximum absolute atomic E-state index is 12.7. The van der Waals surface area contributed by atoms with Gasteiger partial charge >= 0.3 is 5.97 Å². The molecule has 4 fully saturated rings. The first-order chi connectivity index (χ1) is 14.2. The highest BCUT2D eigenvalue weighted by Crippen LogP contribution is 2.69. The predicted molar refractivity (Wildman–Crippen MR) is 108 cm³/mol. The average Bonchev–Trinajstić information content (AvgIpc) is 3.15. The number of carbonyl (C=O) groups is 2. The zero-order chi connectivity index (χ0) is 21.5. The summed E-state index contributed by atoms with van der Waals surface area (Å²) >= 11 is 0. The normalized spacial score (nSPS) is 51.6. The van der Waals surface area contributed by atoms with E-state index in [1.165, 1.54) is 0 Å². The molecule has 1 heterocycles. The summed E-state index contributed by atoms with van der Waals surface area (Å²) in [6, 6.07) is 0. The van der Waals surface area contributed by atoms with Gasteiger partial charge in [-0.05, 0) is 56.1 Å². The summed E-state index contributed by atoms with van der Waals surface area (Å²) in [5, 5.41) is 21.8. The van der Waals surface area contributed by atoms with Crippen LogP contribution in [0.5, 0.6) is 0 Å². The molecule has 6 nitrogen and oxygen atoms in total. The Morgan fingerprint density at radius 3 is 2.80 bits per heavy atom. The van der Waals surface area contributed by atoms with Crippen LogP contribution in [-0.2, 0) is 19.1 Å². The predicted octanol–water partition coefficient (Wildman–Crippen LogP) is 3.24. The summed E-state index contributed by atoms with van der Waals surface area (Å²) in [6.45, 7) is 6.15. The van der Waals surface area contributed by atoms with Crippen LogP contribution in [0.25, 0.3) is 0 Å². The molecule has 0 unspecified atom stereocenters. The molecule has 3 saturated carbocycles. The lowest BCUT2D eigenvalue weighted by molar-refractivity contribution is -0.210. The number of hydrogen-bond acceptors (Lipinski definition) is 5. The topological polar surface area (TPSA) is 93.1 Å². The fraction of sp³-hybridized carbons (Fsp3) is 0.750. The van der Waals surface area contributed by atoms with Crippen LogP contribution in [0.3, 0.4) is 0 Å². The van der Waals surface area contributed by atoms with Crippen LogP contribution >= 0.6 is 0 Å². The van der Waals surface area contributed by atoms with Gasteiger partial charge in [-0.25, -0.2) is 4.79 Å². The van der Waals surface area contributed by atoms with E-state index in [9.17, 15) is 19.8 Å². The molecule has 0 aromatic heterocycles. The summed E-state index contributed by atoms with van der Waals surface area (Å²) in [5.74, 6) is -0.722. The van der Waals surface area contributed by atoms with Gasteiger partial charge in [0.05, 0.1) is 6.10 Å². The van der Waals surface area contributed by atoms with E-state index in [1.54, 1.807) is 12.2 Å². The van der Waals surface area contributed by atoms with Crippen molar-refractivity contribution in [1.82, 2.24) is 0 Å². The fourth-order valence-corrected chi connectivity index (χ4v) is 7.87. The van der Waals surface area contributed by atoms with Crippen LogP contribution in [0.2, 0.25) is 0 Å². The number of carboxylic acid groups (broad SMARTS) is 1. The van der Waals surface area contributed by atoms with Crippen LogP contribution in [0, 0.1) is 28.6 Å². The van der Waals surface area contributed by atoms with Crippen molar-refractivity contribution < 1.29 is 29.3 Å². The van der Waals surface area contributed by atoms with Crippen molar-refractivity contribution in [3.05, 3.63) is 23.8 Å². The Bertz CT molecular complexity index is 847. The lowest BCUT2D eigenvalue weighted by atomic mass is 9.46. The first-order valence-corrected chi connectivity index (χ1v) is 11.4. The zero-order valence-electron chi connectivity index (χ0n) is 18.0. The Kier molecular flexibility index (Phi) is 4.42. The minimum Gasteiger partial charge on any atom is -0.479 e. The zero-order valence-corrected chi connectivity index (χ0v) is 18.0. The molecular formula is C24H32O6. The van der Waals surface area contributed by atoms with Crippen LogP contribution in [0.1, 0.15) is 59.3 Å². The summed E-state index contributed by atoms with van der Waals surface area (Å²) in [6.07, 6.45) is 7.90. The number of carboxylic acids is 1. The summed E-state index contributed by atoms with van der Waals surface area (Å²) < 4.78 is 12.4. The first-order valence-electron chi connectivity index (χ1n) is 11.4. The van der Waals surface area contributed by atoms with E-state index < -0.39 is 35.5 Å². The molecule has 30 heavy (non-hydrogen) atoms. The number of carbonyl (C=O) groups excluding carboxylic acids is 1. The molecule has 9 atom stereocenters. The van der Waals surface area contributed by atoms with E-state index in [4.69, 9.17) is 9.47 Å². The van der Waals surface area contributed by atoms with Crippen LogP contribution in [0.4, 0.5) is 0 Å². The third kappa shape index (κ3) is 2.36. The molecule has 0 bridgehead atoms. The quantitative estimate of drug-likeness (QED) is 0.734. The van der Waals surface area contributed by atoms with Crippen molar-refractivity contribution >= 4 is 11.8 Å². The second kappa shape index (κ2) is 6.50. The van der Waals surface area contributed by atoms with E-state index in [2.05, 4.69) is 6.92 Å². The van der Waals surface area contributed by atoms with Crippen molar-refractivity contribution in [2.75, 3.05) is 0 Å². The number of aliphatic carboxylic acids is 1. The SMILES string of the molecule is CCC[C@H]1O[C@@H]2C[C@@H]3[C@@H]4CCC5=CC(=O)C=C[C@]5(C)[C@@H]4[C@H](O)C[C@]3(C)[C@]2(C(=O)O)O1. The van der Waals surface area contributed by atoms with Crippen LogP contribution < -0.4 is 0 Å². The van der Waals surface area contributed by atoms with Crippen molar-refractivity contribution in [1.29, 1.82) is 0 Å². The molecule has 0 aromatic carbocycles. The number of aliphatic hydroxyl groups is 1. The third-order valence-electron chi connectivity index (χ3n) is 9.13. The molecule has 4 aliphatic carbocycles. The highest BCUT2D eigenvalue weighted by molar-refractivity contribution is 6.01. The Balaban J connectivity index is 1.55. The molecule has 1 aliphatic heterocycles. The molecule has 0 amide bonds. The van der Waals surface area contributed by atoms with E-state index in [1.807, 2.05) is 19.9 Å². The Hall–Kier alpha value is -1.50. The number of ether oxygens (including phenoxy) is 2. The molecule has 5 aliphatic rings. The fourth-order valence-electron chi connectivity index (χ4n) is 7.87. The van der Waals surface area contributed by atoms with E-state index in [-0.39, 0.29) is 29.0 Å².